The molecule has 4 nitrogen and oxygen atoms in total. The maximum Gasteiger partial charge on any atom is 0.211 e. The molecular weight excluding hydrogens is 260 g/mol. The summed E-state index contributed by atoms with van der Waals surface area (Å²) in [6.07, 6.45) is 1.72. The van der Waals surface area contributed by atoms with Crippen molar-refractivity contribution in [2.45, 2.75) is 13.8 Å². The van der Waals surface area contributed by atoms with Crippen LogP contribution in [0, 0.1) is 25.2 Å². The van der Waals surface area contributed by atoms with Crippen LogP contribution >= 0.6 is 0 Å². The number of H-pyrrole nitrogens is 1. The number of rotatable bonds is 2. The van der Waals surface area contributed by atoms with E-state index >= 15 is 0 Å². The molecule has 0 amide bonds. The van der Waals surface area contributed by atoms with Crippen LogP contribution in [0.25, 0.3) is 22.6 Å². The Bertz CT molecular complexity index is 805. The zero-order valence-corrected chi connectivity index (χ0v) is 11.9. The summed E-state index contributed by atoms with van der Waals surface area (Å²) >= 11 is 0. The number of hydrogen-bond acceptors (Lipinski definition) is 3. The smallest absolute Gasteiger partial charge is 0.211 e. The lowest BCUT2D eigenvalue weighted by molar-refractivity contribution is 1.22. The monoisotopic (exact) mass is 274 g/mol. The Hall–Kier alpha value is -2.93. The highest BCUT2D eigenvalue weighted by Crippen LogP contribution is 2.30. The van der Waals surface area contributed by atoms with E-state index in [1.807, 2.05) is 18.2 Å². The standard InChI is InChI=1S/C17H14N4/c1-11-7-12(2)9-13(8-11)16-17(21-15(10-18)20-16)14-5-3-4-6-19-14/h3-9H,1-2H3,(H,20,21). The first kappa shape index (κ1) is 13.1. The van der Waals surface area contributed by atoms with E-state index in [1.54, 1.807) is 6.20 Å². The van der Waals surface area contributed by atoms with Crippen molar-refractivity contribution in [3.8, 4) is 28.7 Å². The van der Waals surface area contributed by atoms with Crippen molar-refractivity contribution >= 4 is 0 Å². The summed E-state index contributed by atoms with van der Waals surface area (Å²) in [5.41, 5.74) is 5.65. The van der Waals surface area contributed by atoms with Gasteiger partial charge in [0, 0.05) is 11.8 Å². The molecule has 0 spiro atoms. The van der Waals surface area contributed by atoms with Crippen LogP contribution in [0.2, 0.25) is 0 Å². The van der Waals surface area contributed by atoms with Crippen molar-refractivity contribution in [2.75, 3.05) is 0 Å². The Kier molecular flexibility index (Phi) is 3.25. The molecule has 0 fully saturated rings. The van der Waals surface area contributed by atoms with Crippen LogP contribution in [0.15, 0.2) is 42.6 Å². The van der Waals surface area contributed by atoms with E-state index in [9.17, 15) is 0 Å². The van der Waals surface area contributed by atoms with Crippen LogP contribution in [0.4, 0.5) is 0 Å². The summed E-state index contributed by atoms with van der Waals surface area (Å²) in [6, 6.07) is 14.0. The number of aryl methyl sites for hydroxylation is 2. The van der Waals surface area contributed by atoms with Crippen LogP contribution in [-0.4, -0.2) is 15.0 Å². The molecule has 2 aromatic heterocycles. The van der Waals surface area contributed by atoms with Crippen molar-refractivity contribution in [1.29, 1.82) is 5.26 Å². The number of nitrogens with zero attached hydrogens (tertiary/aromatic N) is 3. The number of imidazole rings is 1. The summed E-state index contributed by atoms with van der Waals surface area (Å²) in [4.78, 5) is 11.8. The molecule has 0 aliphatic heterocycles. The van der Waals surface area contributed by atoms with Crippen molar-refractivity contribution in [2.24, 2.45) is 0 Å². The Morgan fingerprint density at radius 1 is 1.10 bits per heavy atom. The summed E-state index contributed by atoms with van der Waals surface area (Å²) in [5.74, 6) is 0.296. The highest BCUT2D eigenvalue weighted by molar-refractivity contribution is 5.77. The van der Waals surface area contributed by atoms with Gasteiger partial charge in [-0.05, 0) is 38.1 Å². The van der Waals surface area contributed by atoms with Gasteiger partial charge >= 0.3 is 0 Å². The van der Waals surface area contributed by atoms with E-state index in [2.05, 4.69) is 53.1 Å². The maximum atomic E-state index is 9.11. The molecule has 0 aliphatic carbocycles. The second kappa shape index (κ2) is 5.22. The molecule has 0 bridgehead atoms. The van der Waals surface area contributed by atoms with Gasteiger partial charge in [0.1, 0.15) is 11.8 Å². The molecule has 0 atom stereocenters. The van der Waals surface area contributed by atoms with Crippen LogP contribution in [0.3, 0.4) is 0 Å². The van der Waals surface area contributed by atoms with Gasteiger partial charge in [-0.1, -0.05) is 23.3 Å². The highest BCUT2D eigenvalue weighted by Gasteiger charge is 2.15. The molecule has 3 aromatic rings. The third kappa shape index (κ3) is 2.54. The van der Waals surface area contributed by atoms with Crippen LogP contribution in [0.5, 0.6) is 0 Å². The third-order valence-corrected chi connectivity index (χ3v) is 3.23. The van der Waals surface area contributed by atoms with Crippen LogP contribution in [0.1, 0.15) is 17.0 Å². The van der Waals surface area contributed by atoms with E-state index in [0.29, 0.717) is 11.5 Å². The average Bonchev–Trinajstić information content (AvgIpc) is 2.91. The van der Waals surface area contributed by atoms with E-state index in [1.165, 1.54) is 11.1 Å². The van der Waals surface area contributed by atoms with Gasteiger partial charge in [0.05, 0.1) is 11.4 Å². The molecule has 1 aromatic carbocycles. The summed E-state index contributed by atoms with van der Waals surface area (Å²) < 4.78 is 0. The Balaban J connectivity index is 2.23. The molecule has 3 rings (SSSR count). The van der Waals surface area contributed by atoms with Gasteiger partial charge < -0.3 is 4.98 Å². The minimum absolute atomic E-state index is 0.296. The number of nitriles is 1. The first-order valence-corrected chi connectivity index (χ1v) is 6.67. The molecule has 1 N–H and O–H groups in total. The van der Waals surface area contributed by atoms with Gasteiger partial charge in [0.2, 0.25) is 5.82 Å². The lowest BCUT2D eigenvalue weighted by atomic mass is 10.0. The van der Waals surface area contributed by atoms with Gasteiger partial charge in [0.15, 0.2) is 0 Å². The first-order chi connectivity index (χ1) is 10.2. The molecule has 2 heterocycles. The van der Waals surface area contributed by atoms with Crippen molar-refractivity contribution in [3.05, 3.63) is 59.5 Å². The largest absolute Gasteiger partial charge is 0.329 e. The SMILES string of the molecule is Cc1cc(C)cc(-c2[nH]c(C#N)nc2-c2ccccn2)c1. The molecule has 0 saturated carbocycles. The number of aromatic amines is 1. The zero-order valence-electron chi connectivity index (χ0n) is 11.9. The predicted molar refractivity (Wildman–Crippen MR) is 81.4 cm³/mol. The average molecular weight is 274 g/mol. The van der Waals surface area contributed by atoms with Crippen LogP contribution in [-0.2, 0) is 0 Å². The molecule has 0 saturated heterocycles. The fourth-order valence-electron chi connectivity index (χ4n) is 2.44. The van der Waals surface area contributed by atoms with E-state index in [0.717, 1.165) is 17.0 Å². The number of aromatic nitrogens is 3. The lowest BCUT2D eigenvalue weighted by Gasteiger charge is -2.05. The Morgan fingerprint density at radius 2 is 1.86 bits per heavy atom. The molecule has 0 radical (unpaired) electrons. The van der Waals surface area contributed by atoms with Crippen molar-refractivity contribution < 1.29 is 0 Å². The van der Waals surface area contributed by atoms with Crippen LogP contribution < -0.4 is 0 Å². The molecule has 0 aliphatic rings. The Labute approximate surface area is 123 Å². The molecular formula is C17H14N4. The zero-order chi connectivity index (χ0) is 14.8. The third-order valence-electron chi connectivity index (χ3n) is 3.23. The number of nitrogens with one attached hydrogen (secondary N) is 1. The summed E-state index contributed by atoms with van der Waals surface area (Å²) in [7, 11) is 0. The van der Waals surface area contributed by atoms with E-state index < -0.39 is 0 Å². The topological polar surface area (TPSA) is 65.4 Å². The van der Waals surface area contributed by atoms with Crippen molar-refractivity contribution in [3.63, 3.8) is 0 Å². The number of hydrogen-bond donors (Lipinski definition) is 1. The minimum Gasteiger partial charge on any atom is -0.329 e. The number of pyridine rings is 1. The Morgan fingerprint density at radius 3 is 2.48 bits per heavy atom. The molecule has 4 heteroatoms. The van der Waals surface area contributed by atoms with Gasteiger partial charge in [0.25, 0.3) is 0 Å². The minimum atomic E-state index is 0.296. The second-order valence-corrected chi connectivity index (χ2v) is 5.01. The normalized spacial score (nSPS) is 10.3. The quantitative estimate of drug-likeness (QED) is 0.776. The van der Waals surface area contributed by atoms with E-state index in [4.69, 9.17) is 5.26 Å². The fraction of sp³-hybridized carbons (Fsp3) is 0.118. The van der Waals surface area contributed by atoms with E-state index in [-0.39, 0.29) is 0 Å². The lowest BCUT2D eigenvalue weighted by Crippen LogP contribution is -1.88. The second-order valence-electron chi connectivity index (χ2n) is 5.01. The fourth-order valence-corrected chi connectivity index (χ4v) is 2.44. The van der Waals surface area contributed by atoms with Gasteiger partial charge in [-0.3, -0.25) is 4.98 Å². The summed E-state index contributed by atoms with van der Waals surface area (Å²) in [6.45, 7) is 4.11. The first-order valence-electron chi connectivity index (χ1n) is 6.67. The predicted octanol–water partition coefficient (Wildman–Crippen LogP) is 3.63. The molecule has 102 valence electrons. The number of benzene rings is 1. The molecule has 21 heavy (non-hydrogen) atoms. The van der Waals surface area contributed by atoms with Crippen molar-refractivity contribution in [1.82, 2.24) is 15.0 Å². The highest BCUT2D eigenvalue weighted by atomic mass is 15.0. The maximum absolute atomic E-state index is 9.11. The van der Waals surface area contributed by atoms with Gasteiger partial charge in [-0.25, -0.2) is 4.98 Å². The van der Waals surface area contributed by atoms with Gasteiger partial charge in [-0.15, -0.1) is 0 Å². The van der Waals surface area contributed by atoms with Gasteiger partial charge in [-0.2, -0.15) is 5.26 Å². The molecule has 0 unspecified atom stereocenters. The summed E-state index contributed by atoms with van der Waals surface area (Å²) in [5, 5.41) is 9.11.